The van der Waals surface area contributed by atoms with Crippen molar-refractivity contribution in [2.24, 2.45) is 0 Å². The molecule has 1 unspecified atom stereocenters. The maximum atomic E-state index is 13.2. The normalized spacial score (nSPS) is 15.9. The highest BCUT2D eigenvalue weighted by Gasteiger charge is 2.46. The molecule has 1 N–H and O–H groups in total. The van der Waals surface area contributed by atoms with Crippen molar-refractivity contribution in [3.8, 4) is 0 Å². The summed E-state index contributed by atoms with van der Waals surface area (Å²) in [5.74, 6) is -0.938. The molecule has 3 aromatic heterocycles. The standard InChI is InChI=1S/C23H16N4O3S3/c28-19(16-9-5-11-31-16)17-18(15-8-4-10-24-12-15)27(21(30)20(17)29)22-25-26-23(33-22)32-13-14-6-2-1-3-7-14/h1-12,18,29H,13H2. The molecule has 33 heavy (non-hydrogen) atoms. The van der Waals surface area contributed by atoms with Crippen LogP contribution in [0.15, 0.2) is 88.0 Å². The second-order valence-electron chi connectivity index (χ2n) is 7.06. The van der Waals surface area contributed by atoms with E-state index in [1.54, 1.807) is 42.0 Å². The van der Waals surface area contributed by atoms with Crippen LogP contribution < -0.4 is 4.90 Å². The van der Waals surface area contributed by atoms with E-state index in [4.69, 9.17) is 0 Å². The first-order valence-electron chi connectivity index (χ1n) is 9.88. The third-order valence-corrected chi connectivity index (χ3v) is 8.00. The fourth-order valence-electron chi connectivity index (χ4n) is 3.51. The van der Waals surface area contributed by atoms with Gasteiger partial charge in [0.2, 0.25) is 10.9 Å². The van der Waals surface area contributed by atoms with E-state index < -0.39 is 23.5 Å². The quantitative estimate of drug-likeness (QED) is 0.219. The number of hydrogen-bond donors (Lipinski definition) is 1. The van der Waals surface area contributed by atoms with Crippen LogP contribution in [0.4, 0.5) is 5.13 Å². The van der Waals surface area contributed by atoms with Crippen molar-refractivity contribution < 1.29 is 14.7 Å². The Balaban J connectivity index is 1.49. The van der Waals surface area contributed by atoms with Crippen LogP contribution in [0.2, 0.25) is 0 Å². The molecule has 1 atom stereocenters. The minimum absolute atomic E-state index is 0.0177. The van der Waals surface area contributed by atoms with Crippen molar-refractivity contribution in [2.75, 3.05) is 4.90 Å². The van der Waals surface area contributed by atoms with Crippen molar-refractivity contribution in [3.05, 3.63) is 99.7 Å². The Morgan fingerprint density at radius 2 is 1.94 bits per heavy atom. The van der Waals surface area contributed by atoms with Gasteiger partial charge in [-0.25, -0.2) is 0 Å². The van der Waals surface area contributed by atoms with Crippen molar-refractivity contribution in [1.29, 1.82) is 0 Å². The second kappa shape index (κ2) is 9.26. The molecule has 1 aliphatic rings. The molecule has 0 aliphatic carbocycles. The Morgan fingerprint density at radius 1 is 1.09 bits per heavy atom. The van der Waals surface area contributed by atoms with E-state index >= 15 is 0 Å². The van der Waals surface area contributed by atoms with Gasteiger partial charge in [-0.3, -0.25) is 19.5 Å². The van der Waals surface area contributed by atoms with Crippen LogP contribution in [0.3, 0.4) is 0 Å². The van der Waals surface area contributed by atoms with Crippen LogP contribution in [-0.2, 0) is 10.5 Å². The summed E-state index contributed by atoms with van der Waals surface area (Å²) in [7, 11) is 0. The van der Waals surface area contributed by atoms with Crippen molar-refractivity contribution in [1.82, 2.24) is 15.2 Å². The maximum absolute atomic E-state index is 13.2. The monoisotopic (exact) mass is 492 g/mol. The van der Waals surface area contributed by atoms with Gasteiger partial charge in [0.1, 0.15) is 0 Å². The average Bonchev–Trinajstić information content (AvgIpc) is 3.60. The highest BCUT2D eigenvalue weighted by Crippen LogP contribution is 2.43. The fourth-order valence-corrected chi connectivity index (χ4v) is 6.01. The van der Waals surface area contributed by atoms with Gasteiger partial charge in [-0.15, -0.1) is 21.5 Å². The Kier molecular flexibility index (Phi) is 6.03. The summed E-state index contributed by atoms with van der Waals surface area (Å²) < 4.78 is 0.684. The lowest BCUT2D eigenvalue weighted by Crippen LogP contribution is -2.31. The molecule has 0 radical (unpaired) electrons. The Morgan fingerprint density at radius 3 is 2.67 bits per heavy atom. The number of aliphatic hydroxyl groups excluding tert-OH is 1. The number of Topliss-reactive ketones (excluding diaryl/α,β-unsaturated/α-hetero) is 1. The second-order valence-corrected chi connectivity index (χ2v) is 10.2. The smallest absolute Gasteiger partial charge is 0.296 e. The van der Waals surface area contributed by atoms with E-state index in [1.165, 1.54) is 39.3 Å². The number of thiophene rings is 1. The SMILES string of the molecule is O=C(C1=C(O)C(=O)N(c2nnc(SCc3ccccc3)s2)C1c1cccnc1)c1cccs1. The van der Waals surface area contributed by atoms with Crippen LogP contribution in [-0.4, -0.2) is 32.0 Å². The third-order valence-electron chi connectivity index (χ3n) is 5.00. The predicted octanol–water partition coefficient (Wildman–Crippen LogP) is 5.07. The lowest BCUT2D eigenvalue weighted by atomic mass is 9.97. The number of thioether (sulfide) groups is 1. The van der Waals surface area contributed by atoms with Gasteiger partial charge in [0, 0.05) is 18.1 Å². The Bertz CT molecular complexity index is 1320. The summed E-state index contributed by atoms with van der Waals surface area (Å²) in [6, 6.07) is 16.0. The number of ketones is 1. The van der Waals surface area contributed by atoms with E-state index in [1.807, 2.05) is 30.3 Å². The molecule has 0 bridgehead atoms. The van der Waals surface area contributed by atoms with Crippen molar-refractivity contribution in [2.45, 2.75) is 16.1 Å². The summed E-state index contributed by atoms with van der Waals surface area (Å²) >= 11 is 4.01. The molecule has 7 nitrogen and oxygen atoms in total. The molecule has 164 valence electrons. The van der Waals surface area contributed by atoms with Gasteiger partial charge in [-0.2, -0.15) is 0 Å². The van der Waals surface area contributed by atoms with Gasteiger partial charge in [0.05, 0.1) is 16.5 Å². The summed E-state index contributed by atoms with van der Waals surface area (Å²) in [6.45, 7) is 0. The molecule has 4 heterocycles. The van der Waals surface area contributed by atoms with Gasteiger partial charge < -0.3 is 5.11 Å². The number of amides is 1. The molecule has 0 saturated heterocycles. The molecule has 5 rings (SSSR count). The fraction of sp³-hybridized carbons (Fsp3) is 0.0870. The zero-order valence-electron chi connectivity index (χ0n) is 17.0. The minimum atomic E-state index is -0.847. The molecule has 1 aliphatic heterocycles. The molecule has 0 fully saturated rings. The first kappa shape index (κ1) is 21.5. The zero-order valence-corrected chi connectivity index (χ0v) is 19.4. The van der Waals surface area contributed by atoms with E-state index in [2.05, 4.69) is 15.2 Å². The van der Waals surface area contributed by atoms with Crippen LogP contribution in [0, 0.1) is 0 Å². The van der Waals surface area contributed by atoms with Gasteiger partial charge in [-0.1, -0.05) is 65.6 Å². The maximum Gasteiger partial charge on any atom is 0.296 e. The Hall–Kier alpha value is -3.34. The number of pyridine rings is 1. The van der Waals surface area contributed by atoms with Gasteiger partial charge in [0.15, 0.2) is 10.1 Å². The number of aromatic nitrogens is 3. The van der Waals surface area contributed by atoms with E-state index in [0.717, 1.165) is 5.56 Å². The van der Waals surface area contributed by atoms with Crippen LogP contribution in [0.5, 0.6) is 0 Å². The molecular weight excluding hydrogens is 476 g/mol. The highest BCUT2D eigenvalue weighted by atomic mass is 32.2. The minimum Gasteiger partial charge on any atom is -0.503 e. The van der Waals surface area contributed by atoms with Gasteiger partial charge in [-0.05, 0) is 28.6 Å². The number of nitrogens with zero attached hydrogens (tertiary/aromatic N) is 4. The number of carbonyl (C=O) groups is 2. The number of anilines is 1. The van der Waals surface area contributed by atoms with Crippen LogP contribution >= 0.6 is 34.4 Å². The largest absolute Gasteiger partial charge is 0.503 e. The molecular formula is C23H16N4O3S3. The van der Waals surface area contributed by atoms with Gasteiger partial charge >= 0.3 is 0 Å². The average molecular weight is 493 g/mol. The molecule has 1 aromatic carbocycles. The van der Waals surface area contributed by atoms with Crippen LogP contribution in [0.1, 0.15) is 26.8 Å². The molecule has 1 amide bonds. The summed E-state index contributed by atoms with van der Waals surface area (Å²) in [5.41, 5.74) is 1.76. The number of aliphatic hydroxyl groups is 1. The van der Waals surface area contributed by atoms with E-state index in [9.17, 15) is 14.7 Å². The third kappa shape index (κ3) is 4.20. The van der Waals surface area contributed by atoms with Gasteiger partial charge in [0.25, 0.3) is 5.91 Å². The number of rotatable bonds is 7. The Labute approximate surface area is 201 Å². The van der Waals surface area contributed by atoms with E-state index in [-0.39, 0.29) is 5.57 Å². The molecule has 10 heteroatoms. The lowest BCUT2D eigenvalue weighted by molar-refractivity contribution is -0.117. The number of carbonyl (C=O) groups excluding carboxylic acids is 2. The molecule has 0 spiro atoms. The topological polar surface area (TPSA) is 96.3 Å². The summed E-state index contributed by atoms with van der Waals surface area (Å²) in [5, 5.41) is 21.3. The predicted molar refractivity (Wildman–Crippen MR) is 129 cm³/mol. The number of hydrogen-bond acceptors (Lipinski definition) is 9. The first-order chi connectivity index (χ1) is 16.1. The molecule has 0 saturated carbocycles. The van der Waals surface area contributed by atoms with Crippen LogP contribution in [0.25, 0.3) is 0 Å². The van der Waals surface area contributed by atoms with Crippen molar-refractivity contribution >= 4 is 51.3 Å². The zero-order chi connectivity index (χ0) is 22.8. The summed E-state index contributed by atoms with van der Waals surface area (Å²) in [4.78, 5) is 32.3. The lowest BCUT2D eigenvalue weighted by Gasteiger charge is -2.23. The first-order valence-corrected chi connectivity index (χ1v) is 12.6. The number of benzene rings is 1. The molecule has 4 aromatic rings. The highest BCUT2D eigenvalue weighted by molar-refractivity contribution is 8.00. The summed E-state index contributed by atoms with van der Waals surface area (Å²) in [6.07, 6.45) is 3.19. The van der Waals surface area contributed by atoms with E-state index in [0.29, 0.717) is 25.7 Å². The van der Waals surface area contributed by atoms with Crippen molar-refractivity contribution in [3.63, 3.8) is 0 Å².